The van der Waals surface area contributed by atoms with Gasteiger partial charge in [0.15, 0.2) is 0 Å². The van der Waals surface area contributed by atoms with Gasteiger partial charge >= 0.3 is 0 Å². The number of aryl methyl sites for hydroxylation is 2. The number of fused-ring (bicyclic) bond motifs is 1. The van der Waals surface area contributed by atoms with Gasteiger partial charge in [0.1, 0.15) is 5.82 Å². The first kappa shape index (κ1) is 12.9. The highest BCUT2D eigenvalue weighted by atomic mass is 15.2. The first-order chi connectivity index (χ1) is 9.09. The zero-order valence-corrected chi connectivity index (χ0v) is 12.2. The van der Waals surface area contributed by atoms with E-state index in [2.05, 4.69) is 24.8 Å². The van der Waals surface area contributed by atoms with Crippen molar-refractivity contribution in [1.82, 2.24) is 4.98 Å². The van der Waals surface area contributed by atoms with Gasteiger partial charge in [0.05, 0.1) is 0 Å². The molecule has 2 heterocycles. The number of nitrogens with zero attached hydrogens (tertiary/aromatic N) is 2. The van der Waals surface area contributed by atoms with Gasteiger partial charge in [0, 0.05) is 30.9 Å². The lowest BCUT2D eigenvalue weighted by Gasteiger charge is -2.39. The zero-order valence-electron chi connectivity index (χ0n) is 12.2. The normalized spacial score (nSPS) is 21.5. The van der Waals surface area contributed by atoms with Gasteiger partial charge in [0.25, 0.3) is 0 Å². The van der Waals surface area contributed by atoms with Crippen molar-refractivity contribution < 1.29 is 0 Å². The SMILES string of the molecule is CC1(C)CCCN(c2nc3c(cc2CN)CCC3)C1. The Hall–Kier alpha value is -1.09. The molecule has 3 rings (SSSR count). The van der Waals surface area contributed by atoms with Gasteiger partial charge in [-0.2, -0.15) is 0 Å². The maximum absolute atomic E-state index is 5.95. The van der Waals surface area contributed by atoms with Crippen molar-refractivity contribution in [3.63, 3.8) is 0 Å². The van der Waals surface area contributed by atoms with Gasteiger partial charge in [-0.3, -0.25) is 0 Å². The highest BCUT2D eigenvalue weighted by Gasteiger charge is 2.29. The molecule has 3 nitrogen and oxygen atoms in total. The van der Waals surface area contributed by atoms with Crippen LogP contribution in [0, 0.1) is 5.41 Å². The molecule has 0 bridgehead atoms. The van der Waals surface area contributed by atoms with E-state index in [0.29, 0.717) is 12.0 Å². The van der Waals surface area contributed by atoms with E-state index in [4.69, 9.17) is 10.7 Å². The molecule has 19 heavy (non-hydrogen) atoms. The average Bonchev–Trinajstić information content (AvgIpc) is 2.83. The van der Waals surface area contributed by atoms with Crippen LogP contribution in [0.1, 0.15) is 49.9 Å². The molecule has 0 saturated carbocycles. The maximum atomic E-state index is 5.95. The Kier molecular flexibility index (Phi) is 3.25. The van der Waals surface area contributed by atoms with Crippen molar-refractivity contribution in [2.24, 2.45) is 11.1 Å². The van der Waals surface area contributed by atoms with Crippen molar-refractivity contribution in [1.29, 1.82) is 0 Å². The molecule has 3 heteroatoms. The third-order valence-electron chi connectivity index (χ3n) is 4.53. The lowest BCUT2D eigenvalue weighted by atomic mass is 9.84. The standard InChI is InChI=1S/C16H25N3/c1-16(2)7-4-8-19(11-16)15-13(10-17)9-12-5-3-6-14(12)18-15/h9H,3-8,10-11,17H2,1-2H3. The monoisotopic (exact) mass is 259 g/mol. The Morgan fingerprint density at radius 2 is 2.16 bits per heavy atom. The van der Waals surface area contributed by atoms with Crippen LogP contribution >= 0.6 is 0 Å². The third kappa shape index (κ3) is 2.48. The summed E-state index contributed by atoms with van der Waals surface area (Å²) in [7, 11) is 0. The summed E-state index contributed by atoms with van der Waals surface area (Å²) in [4.78, 5) is 7.42. The molecule has 1 aliphatic heterocycles. The van der Waals surface area contributed by atoms with Crippen LogP contribution in [0.2, 0.25) is 0 Å². The number of pyridine rings is 1. The Bertz CT molecular complexity index is 479. The van der Waals surface area contributed by atoms with E-state index < -0.39 is 0 Å². The maximum Gasteiger partial charge on any atom is 0.133 e. The van der Waals surface area contributed by atoms with E-state index in [9.17, 15) is 0 Å². The predicted octanol–water partition coefficient (Wildman–Crippen LogP) is 2.66. The highest BCUT2D eigenvalue weighted by molar-refractivity contribution is 5.51. The summed E-state index contributed by atoms with van der Waals surface area (Å²) in [6, 6.07) is 2.31. The molecule has 1 aromatic rings. The predicted molar refractivity (Wildman–Crippen MR) is 79.4 cm³/mol. The summed E-state index contributed by atoms with van der Waals surface area (Å²) in [5, 5.41) is 0. The first-order valence-electron chi connectivity index (χ1n) is 7.56. The smallest absolute Gasteiger partial charge is 0.133 e. The van der Waals surface area contributed by atoms with Crippen LogP contribution in [0.15, 0.2) is 6.07 Å². The number of hydrogen-bond acceptors (Lipinski definition) is 3. The Morgan fingerprint density at radius 1 is 1.32 bits per heavy atom. The van der Waals surface area contributed by atoms with E-state index in [0.717, 1.165) is 25.3 Å². The molecule has 1 aliphatic carbocycles. The van der Waals surface area contributed by atoms with Crippen LogP contribution in [-0.2, 0) is 19.4 Å². The summed E-state index contributed by atoms with van der Waals surface area (Å²) in [5.41, 5.74) is 10.3. The fraction of sp³-hybridized carbons (Fsp3) is 0.688. The fourth-order valence-electron chi connectivity index (χ4n) is 3.54. The molecule has 2 N–H and O–H groups in total. The number of nitrogens with two attached hydrogens (primary N) is 1. The molecule has 1 saturated heterocycles. The fourth-order valence-corrected chi connectivity index (χ4v) is 3.54. The largest absolute Gasteiger partial charge is 0.356 e. The van der Waals surface area contributed by atoms with E-state index in [1.807, 2.05) is 0 Å². The summed E-state index contributed by atoms with van der Waals surface area (Å²) in [5.74, 6) is 1.16. The first-order valence-corrected chi connectivity index (χ1v) is 7.56. The van der Waals surface area contributed by atoms with E-state index in [-0.39, 0.29) is 0 Å². The number of piperidine rings is 1. The topological polar surface area (TPSA) is 42.2 Å². The lowest BCUT2D eigenvalue weighted by Crippen LogP contribution is -2.41. The molecule has 0 aromatic carbocycles. The van der Waals surface area contributed by atoms with Crippen molar-refractivity contribution >= 4 is 5.82 Å². The molecule has 0 atom stereocenters. The Morgan fingerprint density at radius 3 is 2.89 bits per heavy atom. The van der Waals surface area contributed by atoms with Gasteiger partial charge < -0.3 is 10.6 Å². The minimum absolute atomic E-state index is 0.394. The molecular formula is C16H25N3. The summed E-state index contributed by atoms with van der Waals surface area (Å²) < 4.78 is 0. The van der Waals surface area contributed by atoms with Gasteiger partial charge in [-0.15, -0.1) is 0 Å². The minimum atomic E-state index is 0.394. The molecular weight excluding hydrogens is 234 g/mol. The van der Waals surface area contributed by atoms with Crippen LogP contribution in [0.3, 0.4) is 0 Å². The minimum Gasteiger partial charge on any atom is -0.356 e. The number of anilines is 1. The van der Waals surface area contributed by atoms with Crippen LogP contribution in [0.4, 0.5) is 5.82 Å². The van der Waals surface area contributed by atoms with Crippen LogP contribution in [0.5, 0.6) is 0 Å². The Balaban J connectivity index is 1.95. The van der Waals surface area contributed by atoms with E-state index in [1.165, 1.54) is 42.5 Å². The van der Waals surface area contributed by atoms with E-state index >= 15 is 0 Å². The van der Waals surface area contributed by atoms with Crippen molar-refractivity contribution in [3.05, 3.63) is 22.9 Å². The van der Waals surface area contributed by atoms with Crippen molar-refractivity contribution in [2.45, 2.75) is 52.5 Å². The van der Waals surface area contributed by atoms with E-state index in [1.54, 1.807) is 0 Å². The van der Waals surface area contributed by atoms with Gasteiger partial charge in [-0.1, -0.05) is 13.8 Å². The van der Waals surface area contributed by atoms with Gasteiger partial charge in [-0.25, -0.2) is 4.98 Å². The lowest BCUT2D eigenvalue weighted by molar-refractivity contribution is 0.291. The highest BCUT2D eigenvalue weighted by Crippen LogP contribution is 2.34. The zero-order chi connectivity index (χ0) is 13.5. The number of rotatable bonds is 2. The molecule has 104 valence electrons. The molecule has 0 spiro atoms. The van der Waals surface area contributed by atoms with Crippen molar-refractivity contribution in [2.75, 3.05) is 18.0 Å². The molecule has 0 unspecified atom stereocenters. The summed E-state index contributed by atoms with van der Waals surface area (Å²) in [6.07, 6.45) is 6.15. The quantitative estimate of drug-likeness (QED) is 0.888. The van der Waals surface area contributed by atoms with Gasteiger partial charge in [-0.05, 0) is 49.1 Å². The molecule has 1 fully saturated rings. The summed E-state index contributed by atoms with van der Waals surface area (Å²) in [6.45, 7) is 7.55. The number of hydrogen-bond donors (Lipinski definition) is 1. The van der Waals surface area contributed by atoms with Crippen LogP contribution in [0.25, 0.3) is 0 Å². The van der Waals surface area contributed by atoms with Gasteiger partial charge in [0.2, 0.25) is 0 Å². The van der Waals surface area contributed by atoms with Crippen molar-refractivity contribution in [3.8, 4) is 0 Å². The Labute approximate surface area is 116 Å². The molecule has 2 aliphatic rings. The second kappa shape index (κ2) is 4.78. The molecule has 0 radical (unpaired) electrons. The summed E-state index contributed by atoms with van der Waals surface area (Å²) >= 11 is 0. The second-order valence-electron chi connectivity index (χ2n) is 6.82. The number of aromatic nitrogens is 1. The third-order valence-corrected chi connectivity index (χ3v) is 4.53. The van der Waals surface area contributed by atoms with Crippen LogP contribution in [-0.4, -0.2) is 18.1 Å². The molecule has 1 aromatic heterocycles. The average molecular weight is 259 g/mol. The van der Waals surface area contributed by atoms with Crippen LogP contribution < -0.4 is 10.6 Å². The second-order valence-corrected chi connectivity index (χ2v) is 6.82. The molecule has 0 amide bonds.